The van der Waals surface area contributed by atoms with Gasteiger partial charge in [-0.2, -0.15) is 0 Å². The molecule has 1 nitrogen and oxygen atoms in total. The van der Waals surface area contributed by atoms with Crippen LogP contribution in [0.3, 0.4) is 0 Å². The maximum atomic E-state index is 13.1. The predicted octanol–water partition coefficient (Wildman–Crippen LogP) is 3.06. The molecular formula is C11H15F2NS. The van der Waals surface area contributed by atoms with Gasteiger partial charge in [0.1, 0.15) is 11.6 Å². The highest BCUT2D eigenvalue weighted by Crippen LogP contribution is 2.22. The molecule has 1 N–H and O–H groups in total. The highest BCUT2D eigenvalue weighted by molar-refractivity contribution is 7.99. The van der Waals surface area contributed by atoms with Gasteiger partial charge in [0.05, 0.1) is 0 Å². The van der Waals surface area contributed by atoms with Crippen molar-refractivity contribution in [2.45, 2.75) is 18.2 Å². The molecule has 15 heavy (non-hydrogen) atoms. The van der Waals surface area contributed by atoms with Crippen molar-refractivity contribution in [1.29, 1.82) is 0 Å². The molecule has 0 heterocycles. The molecule has 0 amide bonds. The fourth-order valence-electron chi connectivity index (χ4n) is 1.15. The van der Waals surface area contributed by atoms with Crippen LogP contribution < -0.4 is 5.32 Å². The van der Waals surface area contributed by atoms with Gasteiger partial charge in [0.15, 0.2) is 0 Å². The lowest BCUT2D eigenvalue weighted by Crippen LogP contribution is -2.14. The van der Waals surface area contributed by atoms with E-state index in [1.165, 1.54) is 23.9 Å². The molecule has 0 aliphatic rings. The smallest absolute Gasteiger partial charge is 0.139 e. The third-order valence-electron chi connectivity index (χ3n) is 1.90. The maximum absolute atomic E-state index is 13.1. The molecule has 0 aliphatic carbocycles. The molecule has 0 saturated carbocycles. The van der Waals surface area contributed by atoms with E-state index in [4.69, 9.17) is 0 Å². The summed E-state index contributed by atoms with van der Waals surface area (Å²) in [5, 5.41) is 3.19. The second kappa shape index (κ2) is 6.80. The van der Waals surface area contributed by atoms with Crippen LogP contribution in [0.4, 0.5) is 8.78 Å². The first-order valence-electron chi connectivity index (χ1n) is 5.02. The lowest BCUT2D eigenvalue weighted by molar-refractivity contribution is 0.565. The summed E-state index contributed by atoms with van der Waals surface area (Å²) in [5.74, 6) is -0.150. The summed E-state index contributed by atoms with van der Waals surface area (Å²) in [5.41, 5.74) is 0. The standard InChI is InChI=1S/C11H15F2NS/c1-2-14-6-3-7-15-11-5-4-9(12)8-10(11)13/h4-5,8,14H,2-3,6-7H2,1H3. The van der Waals surface area contributed by atoms with E-state index < -0.39 is 11.6 Å². The van der Waals surface area contributed by atoms with E-state index in [1.54, 1.807) is 0 Å². The van der Waals surface area contributed by atoms with Gasteiger partial charge in [-0.25, -0.2) is 8.78 Å². The van der Waals surface area contributed by atoms with Crippen LogP contribution in [0.1, 0.15) is 13.3 Å². The first-order chi connectivity index (χ1) is 7.24. The molecule has 0 unspecified atom stereocenters. The molecule has 1 aromatic carbocycles. The minimum absolute atomic E-state index is 0.469. The number of thioether (sulfide) groups is 1. The van der Waals surface area contributed by atoms with E-state index in [-0.39, 0.29) is 0 Å². The van der Waals surface area contributed by atoms with Gasteiger partial charge in [-0.15, -0.1) is 11.8 Å². The molecule has 0 aromatic heterocycles. The first kappa shape index (κ1) is 12.5. The number of rotatable bonds is 6. The Bertz CT molecular complexity index is 305. The Morgan fingerprint density at radius 3 is 2.80 bits per heavy atom. The van der Waals surface area contributed by atoms with E-state index in [1.807, 2.05) is 6.92 Å². The summed E-state index contributed by atoms with van der Waals surface area (Å²) in [6, 6.07) is 3.70. The van der Waals surface area contributed by atoms with Gasteiger partial charge in [0, 0.05) is 11.0 Å². The molecule has 0 radical (unpaired) electrons. The van der Waals surface area contributed by atoms with Gasteiger partial charge >= 0.3 is 0 Å². The van der Waals surface area contributed by atoms with E-state index >= 15 is 0 Å². The first-order valence-corrected chi connectivity index (χ1v) is 6.01. The van der Waals surface area contributed by atoms with Crippen LogP contribution >= 0.6 is 11.8 Å². The lowest BCUT2D eigenvalue weighted by atomic mass is 10.3. The summed E-state index contributed by atoms with van der Waals surface area (Å²) in [4.78, 5) is 0.521. The van der Waals surface area contributed by atoms with Crippen LogP contribution in [-0.4, -0.2) is 18.8 Å². The van der Waals surface area contributed by atoms with Gasteiger partial charge in [-0.1, -0.05) is 6.92 Å². The average Bonchev–Trinajstić information content (AvgIpc) is 2.20. The highest BCUT2D eigenvalue weighted by atomic mass is 32.2. The topological polar surface area (TPSA) is 12.0 Å². The molecule has 0 fully saturated rings. The summed E-state index contributed by atoms with van der Waals surface area (Å²) in [7, 11) is 0. The molecule has 1 rings (SSSR count). The quantitative estimate of drug-likeness (QED) is 0.596. The van der Waals surface area contributed by atoms with E-state index in [9.17, 15) is 8.78 Å². The van der Waals surface area contributed by atoms with Gasteiger partial charge < -0.3 is 5.32 Å². The number of hydrogen-bond acceptors (Lipinski definition) is 2. The molecule has 0 aliphatic heterocycles. The van der Waals surface area contributed by atoms with Crippen LogP contribution in [-0.2, 0) is 0 Å². The fraction of sp³-hybridized carbons (Fsp3) is 0.455. The molecule has 0 atom stereocenters. The van der Waals surface area contributed by atoms with E-state index in [0.717, 1.165) is 31.3 Å². The maximum Gasteiger partial charge on any atom is 0.139 e. The monoisotopic (exact) mass is 231 g/mol. The van der Waals surface area contributed by atoms with Crippen LogP contribution in [0.2, 0.25) is 0 Å². The number of nitrogens with one attached hydrogen (secondary N) is 1. The third kappa shape index (κ3) is 4.62. The largest absolute Gasteiger partial charge is 0.317 e. The van der Waals surface area contributed by atoms with Crippen molar-refractivity contribution in [2.24, 2.45) is 0 Å². The van der Waals surface area contributed by atoms with Crippen molar-refractivity contribution >= 4 is 11.8 Å². The van der Waals surface area contributed by atoms with Crippen LogP contribution in [0.15, 0.2) is 23.1 Å². The second-order valence-electron chi connectivity index (χ2n) is 3.13. The molecule has 84 valence electrons. The molecule has 0 spiro atoms. The average molecular weight is 231 g/mol. The predicted molar refractivity (Wildman–Crippen MR) is 60.2 cm³/mol. The SMILES string of the molecule is CCNCCCSc1ccc(F)cc1F. The molecular weight excluding hydrogens is 216 g/mol. The Kier molecular flexibility index (Phi) is 5.65. The van der Waals surface area contributed by atoms with Crippen molar-refractivity contribution in [2.75, 3.05) is 18.8 Å². The molecule has 4 heteroatoms. The zero-order valence-electron chi connectivity index (χ0n) is 8.72. The Labute approximate surface area is 93.3 Å². The zero-order chi connectivity index (χ0) is 11.1. The van der Waals surface area contributed by atoms with E-state index in [0.29, 0.717) is 4.90 Å². The summed E-state index contributed by atoms with van der Waals surface area (Å²) in [6.07, 6.45) is 0.981. The summed E-state index contributed by atoms with van der Waals surface area (Å²) < 4.78 is 25.7. The Hall–Kier alpha value is -0.610. The number of halogens is 2. The van der Waals surface area contributed by atoms with Crippen LogP contribution in [0, 0.1) is 11.6 Å². The summed E-state index contributed by atoms with van der Waals surface area (Å²) in [6.45, 7) is 3.94. The van der Waals surface area contributed by atoms with Gasteiger partial charge in [-0.05, 0) is 37.4 Å². The van der Waals surface area contributed by atoms with Crippen molar-refractivity contribution in [1.82, 2.24) is 5.32 Å². The Morgan fingerprint density at radius 1 is 1.33 bits per heavy atom. The van der Waals surface area contributed by atoms with Crippen LogP contribution in [0.25, 0.3) is 0 Å². The van der Waals surface area contributed by atoms with Crippen molar-refractivity contribution in [3.63, 3.8) is 0 Å². The van der Waals surface area contributed by atoms with E-state index in [2.05, 4.69) is 5.32 Å². The lowest BCUT2D eigenvalue weighted by Gasteiger charge is -2.03. The minimum atomic E-state index is -0.524. The molecule has 0 bridgehead atoms. The normalized spacial score (nSPS) is 10.6. The second-order valence-corrected chi connectivity index (χ2v) is 4.27. The minimum Gasteiger partial charge on any atom is -0.317 e. The van der Waals surface area contributed by atoms with Gasteiger partial charge in [0.25, 0.3) is 0 Å². The highest BCUT2D eigenvalue weighted by Gasteiger charge is 2.03. The molecule has 0 saturated heterocycles. The van der Waals surface area contributed by atoms with Crippen molar-refractivity contribution in [3.05, 3.63) is 29.8 Å². The fourth-order valence-corrected chi connectivity index (χ4v) is 2.02. The van der Waals surface area contributed by atoms with Gasteiger partial charge in [-0.3, -0.25) is 0 Å². The van der Waals surface area contributed by atoms with Crippen LogP contribution in [0.5, 0.6) is 0 Å². The third-order valence-corrected chi connectivity index (χ3v) is 3.03. The Balaban J connectivity index is 2.31. The Morgan fingerprint density at radius 2 is 2.13 bits per heavy atom. The number of benzene rings is 1. The number of hydrogen-bond donors (Lipinski definition) is 1. The zero-order valence-corrected chi connectivity index (χ0v) is 9.54. The molecule has 1 aromatic rings. The van der Waals surface area contributed by atoms with Crippen molar-refractivity contribution < 1.29 is 8.78 Å². The van der Waals surface area contributed by atoms with Crippen molar-refractivity contribution in [3.8, 4) is 0 Å². The van der Waals surface area contributed by atoms with Gasteiger partial charge in [0.2, 0.25) is 0 Å². The summed E-state index contributed by atoms with van der Waals surface area (Å²) >= 11 is 1.42.